The summed E-state index contributed by atoms with van der Waals surface area (Å²) in [4.78, 5) is 31.0. The van der Waals surface area contributed by atoms with Crippen LogP contribution in [0.25, 0.3) is 11.3 Å². The molecule has 0 bridgehead atoms. The van der Waals surface area contributed by atoms with Crippen molar-refractivity contribution in [1.29, 1.82) is 0 Å². The van der Waals surface area contributed by atoms with Gasteiger partial charge in [0.05, 0.1) is 12.8 Å². The van der Waals surface area contributed by atoms with Crippen molar-refractivity contribution < 1.29 is 14.3 Å². The van der Waals surface area contributed by atoms with Crippen molar-refractivity contribution >= 4 is 28.3 Å². The molecule has 0 aliphatic carbocycles. The van der Waals surface area contributed by atoms with Gasteiger partial charge in [0, 0.05) is 22.7 Å². The summed E-state index contributed by atoms with van der Waals surface area (Å²) < 4.78 is 4.66. The number of nitrogens with zero attached hydrogens (tertiary/aromatic N) is 1. The number of aryl methyl sites for hydroxylation is 1. The van der Waals surface area contributed by atoms with Crippen molar-refractivity contribution in [3.05, 3.63) is 58.7 Å². The Hall–Kier alpha value is -2.93. The Morgan fingerprint density at radius 2 is 2.08 bits per heavy atom. The van der Waals surface area contributed by atoms with E-state index in [-0.39, 0.29) is 5.91 Å². The van der Waals surface area contributed by atoms with Crippen molar-refractivity contribution in [2.24, 2.45) is 0 Å². The van der Waals surface area contributed by atoms with Crippen LogP contribution in [-0.4, -0.2) is 29.0 Å². The number of hydrogen-bond acceptors (Lipinski definition) is 5. The Kier molecular flexibility index (Phi) is 4.43. The van der Waals surface area contributed by atoms with Gasteiger partial charge >= 0.3 is 5.97 Å². The number of ether oxygens (including phenoxy) is 1. The molecule has 0 aliphatic rings. The van der Waals surface area contributed by atoms with E-state index in [9.17, 15) is 9.59 Å². The van der Waals surface area contributed by atoms with E-state index in [1.165, 1.54) is 18.4 Å². The topological polar surface area (TPSA) is 84.1 Å². The third-order valence-electron chi connectivity index (χ3n) is 3.50. The molecule has 1 aromatic carbocycles. The van der Waals surface area contributed by atoms with Crippen LogP contribution in [-0.2, 0) is 4.74 Å². The van der Waals surface area contributed by atoms with Crippen LogP contribution >= 0.6 is 11.3 Å². The summed E-state index contributed by atoms with van der Waals surface area (Å²) in [7, 11) is 1.32. The molecular weight excluding hydrogens is 326 g/mol. The van der Waals surface area contributed by atoms with E-state index in [1.54, 1.807) is 18.3 Å². The molecule has 0 saturated carbocycles. The van der Waals surface area contributed by atoms with Gasteiger partial charge in [-0.25, -0.2) is 9.78 Å². The number of carbonyl (C=O) groups excluding carboxylic acids is 2. The number of benzene rings is 1. The number of rotatable bonds is 4. The highest BCUT2D eigenvalue weighted by Crippen LogP contribution is 2.26. The molecule has 0 fully saturated rings. The smallest absolute Gasteiger partial charge is 0.354 e. The zero-order chi connectivity index (χ0) is 17.1. The first-order valence-corrected chi connectivity index (χ1v) is 8.06. The van der Waals surface area contributed by atoms with Crippen molar-refractivity contribution in [2.75, 3.05) is 12.4 Å². The number of esters is 1. The molecular formula is C17H15N3O3S. The van der Waals surface area contributed by atoms with Crippen molar-refractivity contribution in [3.8, 4) is 11.3 Å². The van der Waals surface area contributed by atoms with Gasteiger partial charge in [0.1, 0.15) is 5.69 Å². The van der Waals surface area contributed by atoms with Gasteiger partial charge in [0.25, 0.3) is 5.91 Å². The van der Waals surface area contributed by atoms with Crippen LogP contribution in [0.4, 0.5) is 5.13 Å². The third-order valence-corrected chi connectivity index (χ3v) is 4.26. The van der Waals surface area contributed by atoms with Crippen LogP contribution in [0.1, 0.15) is 26.4 Å². The fourth-order valence-corrected chi connectivity index (χ4v) is 2.94. The minimum absolute atomic E-state index is 0.196. The molecule has 122 valence electrons. The molecule has 0 radical (unpaired) electrons. The molecule has 0 saturated heterocycles. The molecule has 0 aliphatic heterocycles. The summed E-state index contributed by atoms with van der Waals surface area (Å²) in [5, 5.41) is 5.11. The van der Waals surface area contributed by atoms with Crippen LogP contribution in [0.2, 0.25) is 0 Å². The van der Waals surface area contributed by atoms with E-state index < -0.39 is 5.97 Å². The lowest BCUT2D eigenvalue weighted by Crippen LogP contribution is -2.12. The number of hydrogen-bond donors (Lipinski definition) is 2. The molecule has 0 atom stereocenters. The molecule has 3 rings (SSSR count). The molecule has 2 heterocycles. The maximum Gasteiger partial charge on any atom is 0.354 e. The van der Waals surface area contributed by atoms with Crippen LogP contribution < -0.4 is 5.32 Å². The van der Waals surface area contributed by atoms with E-state index in [2.05, 4.69) is 20.0 Å². The van der Waals surface area contributed by atoms with Crippen molar-refractivity contribution in [1.82, 2.24) is 9.97 Å². The number of nitrogens with one attached hydrogen (secondary N) is 2. The molecule has 24 heavy (non-hydrogen) atoms. The average molecular weight is 341 g/mol. The Labute approximate surface area is 142 Å². The van der Waals surface area contributed by atoms with Crippen LogP contribution in [0.5, 0.6) is 0 Å². The second kappa shape index (κ2) is 6.67. The number of aromatic amines is 1. The second-order valence-electron chi connectivity index (χ2n) is 5.10. The highest BCUT2D eigenvalue weighted by atomic mass is 32.1. The van der Waals surface area contributed by atoms with E-state index >= 15 is 0 Å². The summed E-state index contributed by atoms with van der Waals surface area (Å²) >= 11 is 1.32. The predicted octanol–water partition coefficient (Wildman–Crippen LogP) is 3.49. The lowest BCUT2D eigenvalue weighted by Gasteiger charge is -2.04. The predicted molar refractivity (Wildman–Crippen MR) is 92.4 cm³/mol. The quantitative estimate of drug-likeness (QED) is 0.712. The maximum atomic E-state index is 12.3. The van der Waals surface area contributed by atoms with Gasteiger partial charge in [-0.15, -0.1) is 11.3 Å². The SMILES string of the molecule is COC(=O)c1cc(-c2csc(NC(=O)c3ccccc3C)n2)c[nH]1. The maximum absolute atomic E-state index is 12.3. The summed E-state index contributed by atoms with van der Waals surface area (Å²) in [6.07, 6.45) is 1.67. The minimum Gasteiger partial charge on any atom is -0.464 e. The molecule has 2 N–H and O–H groups in total. The first-order valence-electron chi connectivity index (χ1n) is 7.18. The van der Waals surface area contributed by atoms with Gasteiger partial charge in [0.2, 0.25) is 0 Å². The summed E-state index contributed by atoms with van der Waals surface area (Å²) in [5.41, 5.74) is 3.30. The molecule has 0 spiro atoms. The highest BCUT2D eigenvalue weighted by molar-refractivity contribution is 7.14. The molecule has 6 nitrogen and oxygen atoms in total. The van der Waals surface area contributed by atoms with E-state index in [4.69, 9.17) is 0 Å². The number of thiazole rings is 1. The lowest BCUT2D eigenvalue weighted by molar-refractivity contribution is 0.0594. The first kappa shape index (κ1) is 15.9. The first-order chi connectivity index (χ1) is 11.6. The van der Waals surface area contributed by atoms with Crippen LogP contribution in [0.3, 0.4) is 0 Å². The number of anilines is 1. The summed E-state index contributed by atoms with van der Waals surface area (Å²) in [5.74, 6) is -0.636. The Morgan fingerprint density at radius 3 is 2.83 bits per heavy atom. The number of H-pyrrole nitrogens is 1. The fourth-order valence-electron chi connectivity index (χ4n) is 2.23. The number of carbonyl (C=O) groups is 2. The van der Waals surface area contributed by atoms with Gasteiger partial charge in [-0.2, -0.15) is 0 Å². The number of aromatic nitrogens is 2. The number of amides is 1. The normalized spacial score (nSPS) is 10.4. The Balaban J connectivity index is 1.76. The molecule has 3 aromatic rings. The number of methoxy groups -OCH3 is 1. The fraction of sp³-hybridized carbons (Fsp3) is 0.118. The van der Waals surface area contributed by atoms with Gasteiger partial charge in [-0.05, 0) is 24.6 Å². The third kappa shape index (κ3) is 3.21. The van der Waals surface area contributed by atoms with E-state index in [1.807, 2.05) is 30.5 Å². The zero-order valence-corrected chi connectivity index (χ0v) is 13.9. The second-order valence-corrected chi connectivity index (χ2v) is 5.96. The summed E-state index contributed by atoms with van der Waals surface area (Å²) in [6.45, 7) is 1.89. The van der Waals surface area contributed by atoms with Crippen molar-refractivity contribution in [2.45, 2.75) is 6.92 Å². The largest absolute Gasteiger partial charge is 0.464 e. The Bertz CT molecular complexity index is 898. The van der Waals surface area contributed by atoms with Crippen LogP contribution in [0.15, 0.2) is 41.9 Å². The van der Waals surface area contributed by atoms with Crippen LogP contribution in [0, 0.1) is 6.92 Å². The van der Waals surface area contributed by atoms with Gasteiger partial charge in [-0.3, -0.25) is 10.1 Å². The van der Waals surface area contributed by atoms with E-state index in [0.717, 1.165) is 11.1 Å². The minimum atomic E-state index is -0.440. The van der Waals surface area contributed by atoms with Gasteiger partial charge in [0.15, 0.2) is 5.13 Å². The van der Waals surface area contributed by atoms with Crippen molar-refractivity contribution in [3.63, 3.8) is 0 Å². The van der Waals surface area contributed by atoms with Gasteiger partial charge < -0.3 is 9.72 Å². The standard InChI is InChI=1S/C17H15N3O3S/c1-10-5-3-4-6-12(10)15(21)20-17-19-14(9-24-17)11-7-13(18-8-11)16(22)23-2/h3-9,18H,1-2H3,(H,19,20,21). The zero-order valence-electron chi connectivity index (χ0n) is 13.1. The molecule has 7 heteroatoms. The lowest BCUT2D eigenvalue weighted by atomic mass is 10.1. The Morgan fingerprint density at radius 1 is 1.29 bits per heavy atom. The average Bonchev–Trinajstić information content (AvgIpc) is 3.23. The summed E-state index contributed by atoms with van der Waals surface area (Å²) in [6, 6.07) is 9.03. The molecule has 1 amide bonds. The highest BCUT2D eigenvalue weighted by Gasteiger charge is 2.14. The monoisotopic (exact) mass is 341 g/mol. The molecule has 2 aromatic heterocycles. The van der Waals surface area contributed by atoms with Gasteiger partial charge in [-0.1, -0.05) is 18.2 Å². The molecule has 0 unspecified atom stereocenters. The van der Waals surface area contributed by atoms with E-state index in [0.29, 0.717) is 22.1 Å².